The molecule has 1 N–H and O–H groups in total. The van der Waals surface area contributed by atoms with Crippen LogP contribution in [-0.4, -0.2) is 34.2 Å². The molecular weight excluding hydrogens is 428 g/mol. The van der Waals surface area contributed by atoms with E-state index in [9.17, 15) is 13.2 Å². The Morgan fingerprint density at radius 3 is 2.19 bits per heavy atom. The summed E-state index contributed by atoms with van der Waals surface area (Å²) >= 11 is 0. The summed E-state index contributed by atoms with van der Waals surface area (Å²) < 4.78 is 37.5. The molecular formula is C24H26N2O5S. The van der Waals surface area contributed by atoms with E-state index in [1.807, 2.05) is 43.3 Å². The Hall–Kier alpha value is -3.52. The molecule has 0 saturated heterocycles. The number of amides is 1. The second-order valence-corrected chi connectivity index (χ2v) is 9.09. The van der Waals surface area contributed by atoms with E-state index in [0.717, 1.165) is 16.1 Å². The van der Waals surface area contributed by atoms with Gasteiger partial charge in [0.25, 0.3) is 0 Å². The van der Waals surface area contributed by atoms with Gasteiger partial charge in [0.05, 0.1) is 25.1 Å². The summed E-state index contributed by atoms with van der Waals surface area (Å²) in [5.41, 5.74) is 1.07. The highest BCUT2D eigenvalue weighted by molar-refractivity contribution is 7.92. The van der Waals surface area contributed by atoms with Crippen LogP contribution in [0.4, 0.5) is 5.69 Å². The minimum atomic E-state index is -3.77. The van der Waals surface area contributed by atoms with Crippen LogP contribution in [0.1, 0.15) is 18.5 Å². The van der Waals surface area contributed by atoms with E-state index in [4.69, 9.17) is 9.47 Å². The van der Waals surface area contributed by atoms with E-state index in [1.165, 1.54) is 0 Å². The Labute approximate surface area is 188 Å². The van der Waals surface area contributed by atoms with Crippen molar-refractivity contribution in [3.05, 3.63) is 84.4 Å². The number of para-hydroxylation sites is 4. The smallest absolute Gasteiger partial charge is 0.241 e. The topological polar surface area (TPSA) is 84.9 Å². The minimum Gasteiger partial charge on any atom is -0.496 e. The maximum absolute atomic E-state index is 12.8. The highest BCUT2D eigenvalue weighted by Crippen LogP contribution is 2.33. The molecule has 0 fully saturated rings. The average molecular weight is 455 g/mol. The van der Waals surface area contributed by atoms with E-state index in [1.54, 1.807) is 49.6 Å². The summed E-state index contributed by atoms with van der Waals surface area (Å²) in [6.07, 6.45) is 1.06. The molecule has 7 nitrogen and oxygen atoms in total. The van der Waals surface area contributed by atoms with Crippen LogP contribution in [0.3, 0.4) is 0 Å². The average Bonchev–Trinajstić information content (AvgIpc) is 2.78. The maximum Gasteiger partial charge on any atom is 0.241 e. The molecule has 8 heteroatoms. The lowest BCUT2D eigenvalue weighted by Crippen LogP contribution is -2.41. The number of anilines is 1. The van der Waals surface area contributed by atoms with Crippen molar-refractivity contribution in [2.24, 2.45) is 0 Å². The molecule has 0 aliphatic rings. The van der Waals surface area contributed by atoms with Gasteiger partial charge >= 0.3 is 0 Å². The lowest BCUT2D eigenvalue weighted by atomic mass is 10.1. The molecule has 168 valence electrons. The fourth-order valence-corrected chi connectivity index (χ4v) is 4.13. The van der Waals surface area contributed by atoms with Crippen LogP contribution in [0.2, 0.25) is 0 Å². The zero-order chi connectivity index (χ0) is 23.1. The number of hydrogen-bond donors (Lipinski definition) is 1. The van der Waals surface area contributed by atoms with Gasteiger partial charge in [0.2, 0.25) is 15.9 Å². The van der Waals surface area contributed by atoms with Gasteiger partial charge in [0.1, 0.15) is 18.0 Å². The van der Waals surface area contributed by atoms with Crippen molar-refractivity contribution in [3.63, 3.8) is 0 Å². The van der Waals surface area contributed by atoms with Crippen molar-refractivity contribution < 1.29 is 22.7 Å². The second kappa shape index (κ2) is 10.2. The summed E-state index contributed by atoms with van der Waals surface area (Å²) in [4.78, 5) is 12.8. The molecule has 1 amide bonds. The molecule has 32 heavy (non-hydrogen) atoms. The highest BCUT2D eigenvalue weighted by atomic mass is 32.2. The molecule has 0 bridgehead atoms. The summed E-state index contributed by atoms with van der Waals surface area (Å²) in [7, 11) is -2.22. The number of nitrogens with zero attached hydrogens (tertiary/aromatic N) is 1. The van der Waals surface area contributed by atoms with Gasteiger partial charge in [-0.3, -0.25) is 9.10 Å². The fourth-order valence-electron chi connectivity index (χ4n) is 3.27. The first-order valence-corrected chi connectivity index (χ1v) is 11.9. The summed E-state index contributed by atoms with van der Waals surface area (Å²) in [5.74, 6) is 1.07. The van der Waals surface area contributed by atoms with Crippen LogP contribution in [0.25, 0.3) is 0 Å². The normalized spacial score (nSPS) is 12.0. The van der Waals surface area contributed by atoms with E-state index >= 15 is 0 Å². The number of methoxy groups -OCH3 is 1. The van der Waals surface area contributed by atoms with Crippen molar-refractivity contribution in [1.29, 1.82) is 0 Å². The third kappa shape index (κ3) is 5.79. The first-order chi connectivity index (χ1) is 15.3. The molecule has 0 aliphatic heterocycles. The quantitative estimate of drug-likeness (QED) is 0.526. The van der Waals surface area contributed by atoms with Crippen molar-refractivity contribution in [3.8, 4) is 17.2 Å². The first-order valence-electron chi connectivity index (χ1n) is 10.0. The van der Waals surface area contributed by atoms with E-state index in [-0.39, 0.29) is 11.7 Å². The van der Waals surface area contributed by atoms with Gasteiger partial charge in [-0.15, -0.1) is 0 Å². The number of nitrogens with one attached hydrogen (secondary N) is 1. The van der Waals surface area contributed by atoms with E-state index in [2.05, 4.69) is 5.32 Å². The lowest BCUT2D eigenvalue weighted by Gasteiger charge is -2.25. The number of benzene rings is 3. The van der Waals surface area contributed by atoms with Crippen LogP contribution >= 0.6 is 0 Å². The number of sulfonamides is 1. The summed E-state index contributed by atoms with van der Waals surface area (Å²) in [5, 5.41) is 2.85. The second-order valence-electron chi connectivity index (χ2n) is 7.18. The third-order valence-corrected chi connectivity index (χ3v) is 5.90. The Bertz CT molecular complexity index is 1170. The molecule has 3 aromatic carbocycles. The molecule has 3 rings (SSSR count). The van der Waals surface area contributed by atoms with Crippen LogP contribution in [0.5, 0.6) is 17.2 Å². The van der Waals surface area contributed by atoms with Crippen molar-refractivity contribution in [1.82, 2.24) is 5.32 Å². The molecule has 0 unspecified atom stereocenters. The van der Waals surface area contributed by atoms with Gasteiger partial charge in [0.15, 0.2) is 5.75 Å². The molecule has 3 aromatic rings. The highest BCUT2D eigenvalue weighted by Gasteiger charge is 2.25. The van der Waals surface area contributed by atoms with Gasteiger partial charge < -0.3 is 14.8 Å². The minimum absolute atomic E-state index is 0.277. The largest absolute Gasteiger partial charge is 0.496 e. The van der Waals surface area contributed by atoms with Gasteiger partial charge in [-0.1, -0.05) is 48.5 Å². The third-order valence-electron chi connectivity index (χ3n) is 4.78. The Balaban J connectivity index is 1.83. The zero-order valence-corrected chi connectivity index (χ0v) is 19.0. The molecule has 0 saturated carbocycles. The summed E-state index contributed by atoms with van der Waals surface area (Å²) in [6, 6.07) is 22.7. The van der Waals surface area contributed by atoms with Gasteiger partial charge in [0, 0.05) is 5.56 Å². The first kappa shape index (κ1) is 23.1. The Morgan fingerprint density at radius 2 is 1.53 bits per heavy atom. The number of carbonyl (C=O) groups excluding carboxylic acids is 1. The zero-order valence-electron chi connectivity index (χ0n) is 18.2. The van der Waals surface area contributed by atoms with Crippen LogP contribution < -0.4 is 19.1 Å². The van der Waals surface area contributed by atoms with E-state index < -0.39 is 22.5 Å². The fraction of sp³-hybridized carbons (Fsp3) is 0.208. The monoisotopic (exact) mass is 454 g/mol. The van der Waals surface area contributed by atoms with Gasteiger partial charge in [-0.05, 0) is 37.3 Å². The van der Waals surface area contributed by atoms with Crippen molar-refractivity contribution in [2.75, 3.05) is 24.2 Å². The number of hydrogen-bond acceptors (Lipinski definition) is 5. The standard InChI is InChI=1S/C24H26N2O5S/c1-18(20-13-7-9-15-22(20)30-2)25-24(27)17-26(32(3,28)29)21-14-8-10-16-23(21)31-19-11-5-4-6-12-19/h4-16,18H,17H2,1-3H3,(H,25,27)/t18-/m0/s1. The van der Waals surface area contributed by atoms with Crippen molar-refractivity contribution in [2.45, 2.75) is 13.0 Å². The molecule has 0 aromatic heterocycles. The maximum atomic E-state index is 12.8. The van der Waals surface area contributed by atoms with Crippen LogP contribution in [-0.2, 0) is 14.8 Å². The SMILES string of the molecule is COc1ccccc1[C@H](C)NC(=O)CN(c1ccccc1Oc1ccccc1)S(C)(=O)=O. The summed E-state index contributed by atoms with van der Waals surface area (Å²) in [6.45, 7) is 1.42. The van der Waals surface area contributed by atoms with E-state index in [0.29, 0.717) is 17.2 Å². The number of rotatable bonds is 9. The molecule has 0 radical (unpaired) electrons. The predicted octanol–water partition coefficient (Wildman–Crippen LogP) is 4.13. The molecule has 1 atom stereocenters. The predicted molar refractivity (Wildman–Crippen MR) is 125 cm³/mol. The van der Waals surface area contributed by atoms with Crippen LogP contribution in [0, 0.1) is 0 Å². The van der Waals surface area contributed by atoms with Crippen molar-refractivity contribution >= 4 is 21.6 Å². The molecule has 0 heterocycles. The Kier molecular flexibility index (Phi) is 7.37. The number of carbonyl (C=O) groups is 1. The Morgan fingerprint density at radius 1 is 0.938 bits per heavy atom. The molecule has 0 aliphatic carbocycles. The van der Waals surface area contributed by atoms with Gasteiger partial charge in [-0.2, -0.15) is 0 Å². The van der Waals surface area contributed by atoms with Gasteiger partial charge in [-0.25, -0.2) is 8.42 Å². The van der Waals surface area contributed by atoms with Crippen LogP contribution in [0.15, 0.2) is 78.9 Å². The lowest BCUT2D eigenvalue weighted by molar-refractivity contribution is -0.120. The number of ether oxygens (including phenoxy) is 2. The molecule has 0 spiro atoms.